The highest BCUT2D eigenvalue weighted by molar-refractivity contribution is 5.52. The quantitative estimate of drug-likeness (QED) is 0.138. The summed E-state index contributed by atoms with van der Waals surface area (Å²) in [5, 5.41) is 0. The van der Waals surface area contributed by atoms with Crippen LogP contribution in [0.15, 0.2) is 109 Å². The van der Waals surface area contributed by atoms with Gasteiger partial charge in [-0.25, -0.2) is 8.78 Å². The number of benzene rings is 6. The second kappa shape index (κ2) is 17.8. The molecule has 0 saturated carbocycles. The zero-order valence-corrected chi connectivity index (χ0v) is 32.1. The fraction of sp³-hybridized carbons (Fsp3) is 0.154. The zero-order chi connectivity index (χ0) is 38.8. The topological polar surface area (TPSA) is 0 Å². The van der Waals surface area contributed by atoms with Gasteiger partial charge in [-0.15, -0.1) is 0 Å². The lowest BCUT2D eigenvalue weighted by Gasteiger charge is -2.04. The Kier molecular flexibility index (Phi) is 12.7. The number of hydrogen-bond donors (Lipinski definition) is 0. The van der Waals surface area contributed by atoms with Crippen molar-refractivity contribution in [2.24, 2.45) is 0 Å². The molecule has 0 aliphatic rings. The molecule has 0 fully saturated rings. The lowest BCUT2D eigenvalue weighted by molar-refractivity contribution is 0.567. The van der Waals surface area contributed by atoms with Crippen LogP contribution in [0.25, 0.3) is 0 Å². The van der Waals surface area contributed by atoms with Crippen molar-refractivity contribution < 1.29 is 8.78 Å². The predicted molar refractivity (Wildman–Crippen MR) is 220 cm³/mol. The molecule has 6 aromatic rings. The second-order valence-electron chi connectivity index (χ2n) is 13.6. The molecular weight excluding hydrogens is 663 g/mol. The maximum absolute atomic E-state index is 13.6. The average Bonchev–Trinajstić information content (AvgIpc) is 3.16. The molecule has 2 heteroatoms. The molecule has 0 amide bonds. The van der Waals surface area contributed by atoms with E-state index in [4.69, 9.17) is 0 Å². The van der Waals surface area contributed by atoms with Gasteiger partial charge in [0.1, 0.15) is 11.6 Å². The van der Waals surface area contributed by atoms with E-state index >= 15 is 0 Å². The number of hydrogen-bond acceptors (Lipinski definition) is 0. The first-order valence-corrected chi connectivity index (χ1v) is 17.8. The van der Waals surface area contributed by atoms with Crippen LogP contribution < -0.4 is 0 Å². The SMILES string of the molecule is Cc1cc(C#Cc2ccc(C#Cc3cc(F)c(C)c(F)c3)cc2)cc(C)c1C.Cc1ccc(C#Cc2ccc(C#Cc3cc(C)c(C)c(C)c3)cc2)cc1. The van der Waals surface area contributed by atoms with E-state index in [1.807, 2.05) is 60.7 Å². The first-order valence-electron chi connectivity index (χ1n) is 17.8. The third-order valence-corrected chi connectivity index (χ3v) is 9.36. The standard InChI is InChI=1S/C26H20F2.C26H22/c1-17-13-23(14-18(2)19(17)3)11-9-21-5-7-22(8-6-21)10-12-24-15-25(27)20(4)26(28)16-24;1-19-5-7-23(8-6-19)9-10-24-11-13-25(14-12-24)15-16-26-17-20(2)22(4)21(3)18-26/h5-8,13-16H,1-4H3;5-8,11-14,17-18H,1-4H3. The normalized spacial score (nSPS) is 9.81. The van der Waals surface area contributed by atoms with Crippen LogP contribution in [-0.2, 0) is 0 Å². The first kappa shape index (κ1) is 38.6. The van der Waals surface area contributed by atoms with Crippen molar-refractivity contribution in [3.63, 3.8) is 0 Å². The number of halogens is 2. The van der Waals surface area contributed by atoms with Crippen molar-refractivity contribution >= 4 is 0 Å². The summed E-state index contributed by atoms with van der Waals surface area (Å²) in [6.07, 6.45) is 0. The Labute approximate surface area is 320 Å². The average molecular weight is 705 g/mol. The first-order chi connectivity index (χ1) is 25.8. The van der Waals surface area contributed by atoms with E-state index in [2.05, 4.69) is 132 Å². The lowest BCUT2D eigenvalue weighted by atomic mass is 10.0. The molecule has 0 bridgehead atoms. The van der Waals surface area contributed by atoms with E-state index in [-0.39, 0.29) is 5.56 Å². The third-order valence-electron chi connectivity index (χ3n) is 9.36. The highest BCUT2D eigenvalue weighted by Gasteiger charge is 2.05. The van der Waals surface area contributed by atoms with Crippen LogP contribution in [0, 0.1) is 114 Å². The monoisotopic (exact) mass is 704 g/mol. The van der Waals surface area contributed by atoms with Gasteiger partial charge in [0.05, 0.1) is 0 Å². The van der Waals surface area contributed by atoms with Crippen LogP contribution in [0.5, 0.6) is 0 Å². The molecule has 0 aromatic heterocycles. The molecule has 6 aromatic carbocycles. The largest absolute Gasteiger partial charge is 0.207 e. The van der Waals surface area contributed by atoms with E-state index in [9.17, 15) is 8.78 Å². The zero-order valence-electron chi connectivity index (χ0n) is 32.1. The van der Waals surface area contributed by atoms with Gasteiger partial charge in [-0.1, -0.05) is 65.1 Å². The van der Waals surface area contributed by atoms with Crippen molar-refractivity contribution in [3.8, 4) is 47.4 Å². The molecule has 0 unspecified atom stereocenters. The van der Waals surface area contributed by atoms with Crippen LogP contribution in [0.3, 0.4) is 0 Å². The lowest BCUT2D eigenvalue weighted by Crippen LogP contribution is -1.90. The molecule has 0 nitrogen and oxygen atoms in total. The van der Waals surface area contributed by atoms with Crippen LogP contribution in [0.4, 0.5) is 8.78 Å². The molecular formula is C52H42F2. The van der Waals surface area contributed by atoms with Crippen LogP contribution in [0.1, 0.15) is 89.0 Å². The van der Waals surface area contributed by atoms with E-state index in [1.54, 1.807) is 0 Å². The number of aryl methyl sites for hydroxylation is 5. The molecule has 54 heavy (non-hydrogen) atoms. The molecule has 264 valence electrons. The Morgan fingerprint density at radius 3 is 0.778 bits per heavy atom. The van der Waals surface area contributed by atoms with Crippen molar-refractivity contribution in [1.82, 2.24) is 0 Å². The summed E-state index contributed by atoms with van der Waals surface area (Å²) in [6, 6.07) is 34.8. The van der Waals surface area contributed by atoms with Gasteiger partial charge in [0.2, 0.25) is 0 Å². The molecule has 0 heterocycles. The van der Waals surface area contributed by atoms with Gasteiger partial charge in [0, 0.05) is 50.1 Å². The minimum atomic E-state index is -0.587. The Bertz CT molecular complexity index is 2410. The summed E-state index contributed by atoms with van der Waals surface area (Å²) in [6.45, 7) is 16.2. The summed E-state index contributed by atoms with van der Waals surface area (Å²) < 4.78 is 27.2. The maximum Gasteiger partial charge on any atom is 0.130 e. The summed E-state index contributed by atoms with van der Waals surface area (Å²) in [5.41, 5.74) is 16.0. The van der Waals surface area contributed by atoms with Gasteiger partial charge in [-0.2, -0.15) is 0 Å². The minimum Gasteiger partial charge on any atom is -0.207 e. The fourth-order valence-corrected chi connectivity index (χ4v) is 5.42. The van der Waals surface area contributed by atoms with E-state index in [0.29, 0.717) is 5.56 Å². The van der Waals surface area contributed by atoms with Gasteiger partial charge in [0.25, 0.3) is 0 Å². The molecule has 0 atom stereocenters. The molecule has 0 radical (unpaired) electrons. The Morgan fingerprint density at radius 1 is 0.278 bits per heavy atom. The highest BCUT2D eigenvalue weighted by atomic mass is 19.1. The minimum absolute atomic E-state index is 0.00689. The van der Waals surface area contributed by atoms with E-state index in [0.717, 1.165) is 38.9 Å². The molecule has 0 saturated heterocycles. The van der Waals surface area contributed by atoms with Crippen molar-refractivity contribution in [1.29, 1.82) is 0 Å². The third kappa shape index (κ3) is 10.7. The summed E-state index contributed by atoms with van der Waals surface area (Å²) in [5.74, 6) is 23.8. The molecule has 0 aliphatic heterocycles. The van der Waals surface area contributed by atoms with E-state index < -0.39 is 11.6 Å². The van der Waals surface area contributed by atoms with Gasteiger partial charge in [-0.3, -0.25) is 0 Å². The molecule has 0 aliphatic carbocycles. The van der Waals surface area contributed by atoms with Gasteiger partial charge in [0.15, 0.2) is 0 Å². The Hall–Kier alpha value is -6.58. The van der Waals surface area contributed by atoms with Crippen molar-refractivity contribution in [3.05, 3.63) is 210 Å². The highest BCUT2D eigenvalue weighted by Crippen LogP contribution is 2.17. The summed E-state index contributed by atoms with van der Waals surface area (Å²) in [7, 11) is 0. The molecule has 0 N–H and O–H groups in total. The number of rotatable bonds is 0. The van der Waals surface area contributed by atoms with Gasteiger partial charge in [-0.05, 0) is 186 Å². The Morgan fingerprint density at radius 2 is 0.500 bits per heavy atom. The Balaban J connectivity index is 0.000000208. The van der Waals surface area contributed by atoms with Crippen LogP contribution >= 0.6 is 0 Å². The van der Waals surface area contributed by atoms with E-state index in [1.165, 1.54) is 58.0 Å². The van der Waals surface area contributed by atoms with Crippen molar-refractivity contribution in [2.75, 3.05) is 0 Å². The summed E-state index contributed by atoms with van der Waals surface area (Å²) in [4.78, 5) is 0. The predicted octanol–water partition coefficient (Wildman–Crippen LogP) is 11.7. The summed E-state index contributed by atoms with van der Waals surface area (Å²) >= 11 is 0. The van der Waals surface area contributed by atoms with Crippen molar-refractivity contribution in [2.45, 2.75) is 55.4 Å². The fourth-order valence-electron chi connectivity index (χ4n) is 5.42. The maximum atomic E-state index is 13.6. The second-order valence-corrected chi connectivity index (χ2v) is 13.6. The molecule has 6 rings (SSSR count). The van der Waals surface area contributed by atoms with Gasteiger partial charge < -0.3 is 0 Å². The van der Waals surface area contributed by atoms with Crippen LogP contribution in [0.2, 0.25) is 0 Å². The van der Waals surface area contributed by atoms with Crippen LogP contribution in [-0.4, -0.2) is 0 Å². The smallest absolute Gasteiger partial charge is 0.130 e. The molecule has 0 spiro atoms. The van der Waals surface area contributed by atoms with Gasteiger partial charge >= 0.3 is 0 Å².